The van der Waals surface area contributed by atoms with Gasteiger partial charge in [-0.25, -0.2) is 0 Å². The number of hydrogen-bond acceptors (Lipinski definition) is 3. The minimum Gasteiger partial charge on any atom is -0.511 e. The molecule has 0 aromatic heterocycles. The van der Waals surface area contributed by atoms with E-state index in [2.05, 4.69) is 6.58 Å². The number of primary amides is 1. The summed E-state index contributed by atoms with van der Waals surface area (Å²) in [7, 11) is -2.51. The van der Waals surface area contributed by atoms with Gasteiger partial charge >= 0.3 is 9.28 Å². The molecule has 0 saturated carbocycles. The molecule has 0 aliphatic carbocycles. The van der Waals surface area contributed by atoms with Crippen LogP contribution < -0.4 is 14.6 Å². The quantitative estimate of drug-likeness (QED) is 0.652. The van der Waals surface area contributed by atoms with Crippen LogP contribution in [0.2, 0.25) is 0 Å². The number of nitrogens with two attached hydrogens (primary N) is 1. The Morgan fingerprint density at radius 3 is 1.65 bits per heavy atom. The van der Waals surface area contributed by atoms with Gasteiger partial charge in [-0.1, -0.05) is 43.0 Å². The fraction of sp³-hybridized carbons (Fsp3) is 0. The highest BCUT2D eigenvalue weighted by Gasteiger charge is 2.26. The molecule has 4 nitrogen and oxygen atoms in total. The van der Waals surface area contributed by atoms with Crippen LogP contribution in [0.4, 0.5) is 0 Å². The number of hydrogen-bond donors (Lipinski definition) is 1. The topological polar surface area (TPSA) is 61.6 Å². The van der Waals surface area contributed by atoms with Crippen LogP contribution in [-0.4, -0.2) is 15.2 Å². The molecule has 1 amide bonds. The van der Waals surface area contributed by atoms with Crippen LogP contribution in [0.25, 0.3) is 0 Å². The fourth-order valence-corrected chi connectivity index (χ4v) is 2.90. The lowest BCUT2D eigenvalue weighted by Crippen LogP contribution is -2.38. The van der Waals surface area contributed by atoms with Crippen LogP contribution in [0, 0.1) is 0 Å². The molecular weight excluding hydrogens is 270 g/mol. The van der Waals surface area contributed by atoms with Gasteiger partial charge in [-0.05, 0) is 24.3 Å². The van der Waals surface area contributed by atoms with E-state index < -0.39 is 15.2 Å². The molecule has 2 aromatic carbocycles. The van der Waals surface area contributed by atoms with Crippen molar-refractivity contribution in [3.63, 3.8) is 0 Å². The van der Waals surface area contributed by atoms with Crippen molar-refractivity contribution in [1.82, 2.24) is 0 Å². The van der Waals surface area contributed by atoms with E-state index in [1.165, 1.54) is 0 Å². The Bertz CT molecular complexity index is 545. The van der Waals surface area contributed by atoms with Crippen LogP contribution in [0.3, 0.4) is 0 Å². The molecule has 0 bridgehead atoms. The van der Waals surface area contributed by atoms with Crippen molar-refractivity contribution in [1.29, 1.82) is 0 Å². The summed E-state index contributed by atoms with van der Waals surface area (Å²) in [5.74, 6) is 0.651. The average Bonchev–Trinajstić information content (AvgIpc) is 2.48. The van der Waals surface area contributed by atoms with E-state index in [0.29, 0.717) is 11.5 Å². The molecule has 0 aliphatic heterocycles. The molecule has 2 aromatic rings. The zero-order chi connectivity index (χ0) is 14.4. The van der Waals surface area contributed by atoms with Crippen molar-refractivity contribution in [2.24, 2.45) is 5.73 Å². The third kappa shape index (κ3) is 3.73. The SMILES string of the molecule is C=C(C(N)=O)[SiH](Oc1ccccc1)Oc1ccccc1. The van der Waals surface area contributed by atoms with Gasteiger partial charge < -0.3 is 14.6 Å². The Labute approximate surface area is 119 Å². The molecule has 0 radical (unpaired) electrons. The molecule has 5 heteroatoms. The van der Waals surface area contributed by atoms with Crippen molar-refractivity contribution in [2.45, 2.75) is 0 Å². The Morgan fingerprint density at radius 2 is 1.30 bits per heavy atom. The van der Waals surface area contributed by atoms with Gasteiger partial charge in [-0.15, -0.1) is 0 Å². The number of carbonyl (C=O) groups excluding carboxylic acids is 1. The maximum absolute atomic E-state index is 11.3. The van der Waals surface area contributed by atoms with Crippen molar-refractivity contribution in [3.05, 3.63) is 72.4 Å². The lowest BCUT2D eigenvalue weighted by molar-refractivity contribution is -0.114. The zero-order valence-corrected chi connectivity index (χ0v) is 12.0. The van der Waals surface area contributed by atoms with E-state index in [0.717, 1.165) is 0 Å². The van der Waals surface area contributed by atoms with Crippen LogP contribution in [0.15, 0.2) is 72.4 Å². The molecule has 0 unspecified atom stereocenters. The Kier molecular flexibility index (Phi) is 4.57. The minimum absolute atomic E-state index is 0.192. The number of amides is 1. The molecule has 102 valence electrons. The summed E-state index contributed by atoms with van der Waals surface area (Å²) in [5.41, 5.74) is 5.28. The minimum atomic E-state index is -2.51. The normalized spacial score (nSPS) is 10.1. The predicted molar refractivity (Wildman–Crippen MR) is 79.6 cm³/mol. The second kappa shape index (κ2) is 6.58. The zero-order valence-electron chi connectivity index (χ0n) is 10.9. The third-order valence-corrected chi connectivity index (χ3v) is 4.40. The maximum atomic E-state index is 11.3. The van der Waals surface area contributed by atoms with Gasteiger partial charge in [-0.3, -0.25) is 4.79 Å². The summed E-state index contributed by atoms with van der Waals surface area (Å²) < 4.78 is 11.5. The van der Waals surface area contributed by atoms with Crippen LogP contribution >= 0.6 is 0 Å². The third-order valence-electron chi connectivity index (χ3n) is 2.57. The van der Waals surface area contributed by atoms with E-state index in [9.17, 15) is 4.79 Å². The molecule has 0 saturated heterocycles. The van der Waals surface area contributed by atoms with Gasteiger partial charge in [0.1, 0.15) is 11.5 Å². The van der Waals surface area contributed by atoms with E-state index >= 15 is 0 Å². The molecule has 0 aliphatic rings. The van der Waals surface area contributed by atoms with E-state index in [1.54, 1.807) is 24.3 Å². The van der Waals surface area contributed by atoms with Crippen LogP contribution in [-0.2, 0) is 4.79 Å². The number of benzene rings is 2. The van der Waals surface area contributed by atoms with E-state index in [4.69, 9.17) is 14.6 Å². The lowest BCUT2D eigenvalue weighted by Gasteiger charge is -2.19. The van der Waals surface area contributed by atoms with E-state index in [-0.39, 0.29) is 5.20 Å². The van der Waals surface area contributed by atoms with Crippen LogP contribution in [0.5, 0.6) is 11.5 Å². The highest BCUT2D eigenvalue weighted by atomic mass is 28.3. The first-order valence-corrected chi connectivity index (χ1v) is 7.61. The van der Waals surface area contributed by atoms with Gasteiger partial charge in [0.15, 0.2) is 0 Å². The molecule has 2 N–H and O–H groups in total. The number of rotatable bonds is 6. The predicted octanol–water partition coefficient (Wildman–Crippen LogP) is 1.95. The maximum Gasteiger partial charge on any atom is 0.484 e. The van der Waals surface area contributed by atoms with Crippen molar-refractivity contribution in [2.75, 3.05) is 0 Å². The first-order chi connectivity index (χ1) is 9.66. The fourth-order valence-electron chi connectivity index (χ4n) is 1.53. The molecular formula is C15H15NO3Si. The van der Waals surface area contributed by atoms with Gasteiger partial charge in [-0.2, -0.15) is 0 Å². The summed E-state index contributed by atoms with van der Waals surface area (Å²) >= 11 is 0. The second-order valence-electron chi connectivity index (χ2n) is 4.08. The lowest BCUT2D eigenvalue weighted by atomic mass is 10.3. The van der Waals surface area contributed by atoms with Crippen molar-refractivity contribution >= 4 is 15.2 Å². The smallest absolute Gasteiger partial charge is 0.484 e. The summed E-state index contributed by atoms with van der Waals surface area (Å²) in [5, 5.41) is 0.192. The number of para-hydroxylation sites is 2. The Balaban J connectivity index is 2.17. The Morgan fingerprint density at radius 1 is 0.900 bits per heavy atom. The monoisotopic (exact) mass is 285 g/mol. The summed E-state index contributed by atoms with van der Waals surface area (Å²) in [4.78, 5) is 11.3. The molecule has 2 rings (SSSR count). The van der Waals surface area contributed by atoms with Gasteiger partial charge in [0.05, 0.1) is 5.20 Å². The van der Waals surface area contributed by atoms with Crippen molar-refractivity contribution < 1.29 is 13.6 Å². The Hall–Kier alpha value is -2.53. The molecule has 0 spiro atoms. The highest BCUT2D eigenvalue weighted by molar-refractivity contribution is 6.62. The molecule has 20 heavy (non-hydrogen) atoms. The number of carbonyl (C=O) groups is 1. The first kappa shape index (κ1) is 13.9. The van der Waals surface area contributed by atoms with Gasteiger partial charge in [0.25, 0.3) is 0 Å². The molecule has 0 atom stereocenters. The van der Waals surface area contributed by atoms with Gasteiger partial charge in [0, 0.05) is 0 Å². The molecule has 0 heterocycles. The van der Waals surface area contributed by atoms with Crippen LogP contribution in [0.1, 0.15) is 0 Å². The summed E-state index contributed by atoms with van der Waals surface area (Å²) in [6.07, 6.45) is 0. The summed E-state index contributed by atoms with van der Waals surface area (Å²) in [6.45, 7) is 3.68. The largest absolute Gasteiger partial charge is 0.511 e. The summed E-state index contributed by atoms with van der Waals surface area (Å²) in [6, 6.07) is 18.3. The van der Waals surface area contributed by atoms with E-state index in [1.807, 2.05) is 36.4 Å². The first-order valence-electron chi connectivity index (χ1n) is 6.09. The molecule has 0 fully saturated rings. The highest BCUT2D eigenvalue weighted by Crippen LogP contribution is 2.16. The average molecular weight is 285 g/mol. The second-order valence-corrected chi connectivity index (χ2v) is 5.92. The van der Waals surface area contributed by atoms with Crippen molar-refractivity contribution in [3.8, 4) is 11.5 Å². The standard InChI is InChI=1S/C15H15NO3Si/c1-12(15(16)17)20(18-13-8-4-2-5-9-13)19-14-10-6-3-7-11-14/h2-11,20H,1H2,(H2,16,17). The van der Waals surface area contributed by atoms with Gasteiger partial charge in [0.2, 0.25) is 5.91 Å².